The lowest BCUT2D eigenvalue weighted by molar-refractivity contribution is 0.750. The largest absolute Gasteiger partial charge is 0.382 e. The molecule has 2 aromatic rings. The molecule has 1 aromatic carbocycles. The summed E-state index contributed by atoms with van der Waals surface area (Å²) >= 11 is 3.48. The number of hydrogen-bond acceptors (Lipinski definition) is 5. The zero-order valence-electron chi connectivity index (χ0n) is 11.3. The number of rotatable bonds is 2. The van der Waals surface area contributed by atoms with Gasteiger partial charge in [0.15, 0.2) is 5.82 Å². The standard InChI is InChI=1S/C14H15BrN6/c15-11-3-1-2-4-12(11)21-13(18)10(7-16)14(19-21)20-6-5-9(17)8-20/h1-4,9H,5-6,8,17-18H2. The molecule has 0 aliphatic carbocycles. The van der Waals surface area contributed by atoms with Crippen molar-refractivity contribution < 1.29 is 0 Å². The number of nitrogens with two attached hydrogens (primary N) is 2. The number of benzene rings is 1. The highest BCUT2D eigenvalue weighted by atomic mass is 79.9. The van der Waals surface area contributed by atoms with E-state index in [1.54, 1.807) is 4.68 Å². The van der Waals surface area contributed by atoms with Gasteiger partial charge in [-0.15, -0.1) is 5.10 Å². The average molecular weight is 347 g/mol. The van der Waals surface area contributed by atoms with Crippen molar-refractivity contribution in [1.82, 2.24) is 9.78 Å². The Morgan fingerprint density at radius 1 is 1.38 bits per heavy atom. The van der Waals surface area contributed by atoms with Crippen LogP contribution < -0.4 is 16.4 Å². The first kappa shape index (κ1) is 13.9. The molecule has 6 nitrogen and oxygen atoms in total. The van der Waals surface area contributed by atoms with Gasteiger partial charge in [-0.2, -0.15) is 5.26 Å². The predicted octanol–water partition coefficient (Wildman–Crippen LogP) is 1.63. The second-order valence-electron chi connectivity index (χ2n) is 5.05. The highest BCUT2D eigenvalue weighted by molar-refractivity contribution is 9.10. The Kier molecular flexibility index (Phi) is 3.57. The first-order valence-electron chi connectivity index (χ1n) is 6.66. The van der Waals surface area contributed by atoms with Crippen LogP contribution in [0.25, 0.3) is 5.69 Å². The van der Waals surface area contributed by atoms with E-state index in [1.807, 2.05) is 29.2 Å². The summed E-state index contributed by atoms with van der Waals surface area (Å²) in [7, 11) is 0. The first-order chi connectivity index (χ1) is 10.1. The summed E-state index contributed by atoms with van der Waals surface area (Å²) in [6, 6.07) is 9.90. The number of nitrogens with zero attached hydrogens (tertiary/aromatic N) is 4. The van der Waals surface area contributed by atoms with Crippen LogP contribution in [0.3, 0.4) is 0 Å². The van der Waals surface area contributed by atoms with Crippen LogP contribution >= 0.6 is 15.9 Å². The quantitative estimate of drug-likeness (QED) is 0.861. The second kappa shape index (κ2) is 5.39. The Balaban J connectivity index is 2.10. The van der Waals surface area contributed by atoms with Crippen molar-refractivity contribution in [2.24, 2.45) is 5.73 Å². The van der Waals surface area contributed by atoms with E-state index in [0.717, 1.165) is 23.1 Å². The molecular weight excluding hydrogens is 332 g/mol. The molecule has 2 heterocycles. The van der Waals surface area contributed by atoms with Gasteiger partial charge in [0, 0.05) is 23.6 Å². The molecule has 1 aliphatic heterocycles. The molecule has 0 bridgehead atoms. The average Bonchev–Trinajstić information content (AvgIpc) is 3.03. The SMILES string of the molecule is N#Cc1c(N2CCC(N)C2)nn(-c2ccccc2Br)c1N. The van der Waals surface area contributed by atoms with Crippen molar-refractivity contribution in [3.63, 3.8) is 0 Å². The molecule has 7 heteroatoms. The minimum Gasteiger partial charge on any atom is -0.382 e. The predicted molar refractivity (Wildman–Crippen MR) is 85.2 cm³/mol. The van der Waals surface area contributed by atoms with Crippen molar-refractivity contribution in [2.75, 3.05) is 23.7 Å². The maximum Gasteiger partial charge on any atom is 0.171 e. The van der Waals surface area contributed by atoms with Crippen LogP contribution in [-0.2, 0) is 0 Å². The lowest BCUT2D eigenvalue weighted by atomic mass is 10.3. The van der Waals surface area contributed by atoms with Gasteiger partial charge in [-0.05, 0) is 34.5 Å². The molecular formula is C14H15BrN6. The monoisotopic (exact) mass is 346 g/mol. The molecule has 1 atom stereocenters. The molecule has 1 unspecified atom stereocenters. The van der Waals surface area contributed by atoms with Crippen LogP contribution in [0, 0.1) is 11.3 Å². The molecule has 0 spiro atoms. The molecule has 1 fully saturated rings. The van der Waals surface area contributed by atoms with E-state index in [9.17, 15) is 5.26 Å². The number of anilines is 2. The van der Waals surface area contributed by atoms with Gasteiger partial charge in [0.25, 0.3) is 0 Å². The maximum absolute atomic E-state index is 9.40. The Morgan fingerprint density at radius 3 is 2.76 bits per heavy atom. The minimum absolute atomic E-state index is 0.117. The zero-order valence-corrected chi connectivity index (χ0v) is 12.9. The number of para-hydroxylation sites is 1. The molecule has 0 saturated carbocycles. The van der Waals surface area contributed by atoms with Crippen molar-refractivity contribution in [3.8, 4) is 11.8 Å². The number of nitrogen functional groups attached to an aromatic ring is 1. The number of aromatic nitrogens is 2. The van der Waals surface area contributed by atoms with Gasteiger partial charge in [0.1, 0.15) is 17.5 Å². The lowest BCUT2D eigenvalue weighted by Crippen LogP contribution is -2.27. The van der Waals surface area contributed by atoms with E-state index < -0.39 is 0 Å². The molecule has 4 N–H and O–H groups in total. The third kappa shape index (κ3) is 2.37. The molecule has 1 aliphatic rings. The summed E-state index contributed by atoms with van der Waals surface area (Å²) < 4.78 is 2.47. The number of hydrogen-bond donors (Lipinski definition) is 2. The summed E-state index contributed by atoms with van der Waals surface area (Å²) in [5.74, 6) is 0.957. The zero-order chi connectivity index (χ0) is 15.0. The Labute approximate surface area is 131 Å². The van der Waals surface area contributed by atoms with E-state index in [-0.39, 0.29) is 6.04 Å². The van der Waals surface area contributed by atoms with E-state index in [1.165, 1.54) is 0 Å². The van der Waals surface area contributed by atoms with Gasteiger partial charge in [-0.1, -0.05) is 12.1 Å². The summed E-state index contributed by atoms with van der Waals surface area (Å²) in [6.07, 6.45) is 0.896. The highest BCUT2D eigenvalue weighted by Gasteiger charge is 2.27. The first-order valence-corrected chi connectivity index (χ1v) is 7.45. The van der Waals surface area contributed by atoms with Crippen molar-refractivity contribution >= 4 is 27.6 Å². The van der Waals surface area contributed by atoms with Gasteiger partial charge in [-0.3, -0.25) is 0 Å². The second-order valence-corrected chi connectivity index (χ2v) is 5.91. The molecule has 1 aromatic heterocycles. The molecule has 3 rings (SSSR count). The third-order valence-corrected chi connectivity index (χ3v) is 4.29. The van der Waals surface area contributed by atoms with Gasteiger partial charge in [0.05, 0.1) is 5.69 Å². The molecule has 21 heavy (non-hydrogen) atoms. The van der Waals surface area contributed by atoms with E-state index in [0.29, 0.717) is 23.7 Å². The van der Waals surface area contributed by atoms with Crippen molar-refractivity contribution in [3.05, 3.63) is 34.3 Å². The normalized spacial score (nSPS) is 18.0. The highest BCUT2D eigenvalue weighted by Crippen LogP contribution is 2.31. The topological polar surface area (TPSA) is 96.9 Å². The Bertz CT molecular complexity index is 717. The molecule has 0 radical (unpaired) electrons. The van der Waals surface area contributed by atoms with Gasteiger partial charge in [0.2, 0.25) is 0 Å². The minimum atomic E-state index is 0.117. The van der Waals surface area contributed by atoms with Crippen LogP contribution in [-0.4, -0.2) is 28.9 Å². The van der Waals surface area contributed by atoms with E-state index >= 15 is 0 Å². The molecule has 0 amide bonds. The molecule has 108 valence electrons. The van der Waals surface area contributed by atoms with Gasteiger partial charge >= 0.3 is 0 Å². The number of nitriles is 1. The Morgan fingerprint density at radius 2 is 2.14 bits per heavy atom. The summed E-state index contributed by atoms with van der Waals surface area (Å²) in [5, 5.41) is 13.9. The smallest absolute Gasteiger partial charge is 0.171 e. The van der Waals surface area contributed by atoms with E-state index in [2.05, 4.69) is 27.1 Å². The summed E-state index contributed by atoms with van der Waals surface area (Å²) in [4.78, 5) is 2.02. The summed E-state index contributed by atoms with van der Waals surface area (Å²) in [6.45, 7) is 1.49. The van der Waals surface area contributed by atoms with Crippen LogP contribution in [0.1, 0.15) is 12.0 Å². The number of halogens is 1. The van der Waals surface area contributed by atoms with Gasteiger partial charge < -0.3 is 16.4 Å². The summed E-state index contributed by atoms with van der Waals surface area (Å²) in [5.41, 5.74) is 13.3. The third-order valence-electron chi connectivity index (χ3n) is 3.62. The van der Waals surface area contributed by atoms with Crippen molar-refractivity contribution in [2.45, 2.75) is 12.5 Å². The van der Waals surface area contributed by atoms with Gasteiger partial charge in [-0.25, -0.2) is 4.68 Å². The van der Waals surface area contributed by atoms with Crippen LogP contribution in [0.4, 0.5) is 11.6 Å². The maximum atomic E-state index is 9.40. The van der Waals surface area contributed by atoms with Crippen LogP contribution in [0.5, 0.6) is 0 Å². The lowest BCUT2D eigenvalue weighted by Gasteiger charge is -2.14. The Hall–Kier alpha value is -2.04. The fourth-order valence-electron chi connectivity index (χ4n) is 2.53. The van der Waals surface area contributed by atoms with E-state index in [4.69, 9.17) is 11.5 Å². The van der Waals surface area contributed by atoms with Crippen molar-refractivity contribution in [1.29, 1.82) is 5.26 Å². The molecule has 1 saturated heterocycles. The fourth-order valence-corrected chi connectivity index (χ4v) is 2.99. The van der Waals surface area contributed by atoms with Crippen LogP contribution in [0.2, 0.25) is 0 Å². The van der Waals surface area contributed by atoms with Crippen LogP contribution in [0.15, 0.2) is 28.7 Å². The fraction of sp³-hybridized carbons (Fsp3) is 0.286.